The molecule has 4 rings (SSSR count). The second-order valence-electron chi connectivity index (χ2n) is 6.26. The average Bonchev–Trinajstić information content (AvgIpc) is 2.88. The fourth-order valence-corrected chi connectivity index (χ4v) is 3.17. The van der Waals surface area contributed by atoms with Crippen LogP contribution in [0.3, 0.4) is 0 Å². The molecule has 130 valence electrons. The standard InChI is InChI=1S/C21H18N2O3/c24-21(18-10-6-12-23(25)14-18)22-13-17-9-4-5-11-19(17)26-20(15-22)16-7-2-1-3-8-16/h1-12,14,20H,13,15H2. The summed E-state index contributed by atoms with van der Waals surface area (Å²) in [6, 6.07) is 20.8. The van der Waals surface area contributed by atoms with Crippen molar-refractivity contribution < 1.29 is 14.3 Å². The normalized spacial score (nSPS) is 16.3. The van der Waals surface area contributed by atoms with Crippen LogP contribution < -0.4 is 9.47 Å². The number of hydrogen-bond donors (Lipinski definition) is 0. The molecule has 0 spiro atoms. The predicted molar refractivity (Wildman–Crippen MR) is 96.4 cm³/mol. The average molecular weight is 346 g/mol. The van der Waals surface area contributed by atoms with E-state index in [1.54, 1.807) is 17.0 Å². The van der Waals surface area contributed by atoms with E-state index in [1.165, 1.54) is 12.4 Å². The maximum absolute atomic E-state index is 13.0. The van der Waals surface area contributed by atoms with Crippen LogP contribution in [-0.2, 0) is 6.54 Å². The highest BCUT2D eigenvalue weighted by Gasteiger charge is 2.28. The number of rotatable bonds is 2. The van der Waals surface area contributed by atoms with Crippen molar-refractivity contribution in [2.75, 3.05) is 6.54 Å². The Morgan fingerprint density at radius 1 is 1.04 bits per heavy atom. The number of para-hydroxylation sites is 1. The molecule has 3 aromatic rings. The summed E-state index contributed by atoms with van der Waals surface area (Å²) in [7, 11) is 0. The first-order valence-corrected chi connectivity index (χ1v) is 8.48. The monoisotopic (exact) mass is 346 g/mol. The molecule has 0 bridgehead atoms. The number of fused-ring (bicyclic) bond motifs is 1. The van der Waals surface area contributed by atoms with Crippen LogP contribution in [-0.4, -0.2) is 17.4 Å². The van der Waals surface area contributed by atoms with Gasteiger partial charge in [-0.15, -0.1) is 0 Å². The lowest BCUT2D eigenvalue weighted by Gasteiger charge is -2.24. The van der Waals surface area contributed by atoms with Crippen molar-refractivity contribution in [3.63, 3.8) is 0 Å². The molecule has 0 fully saturated rings. The van der Waals surface area contributed by atoms with Gasteiger partial charge >= 0.3 is 0 Å². The summed E-state index contributed by atoms with van der Waals surface area (Å²) in [5.74, 6) is 0.597. The topological polar surface area (TPSA) is 56.5 Å². The first-order chi connectivity index (χ1) is 12.7. The Balaban J connectivity index is 1.71. The van der Waals surface area contributed by atoms with Gasteiger partial charge in [0.1, 0.15) is 17.4 Å². The van der Waals surface area contributed by atoms with Gasteiger partial charge in [0.05, 0.1) is 6.54 Å². The Kier molecular flexibility index (Phi) is 4.27. The van der Waals surface area contributed by atoms with Crippen molar-refractivity contribution in [2.24, 2.45) is 0 Å². The molecule has 26 heavy (non-hydrogen) atoms. The molecular weight excluding hydrogens is 328 g/mol. The number of pyridine rings is 1. The molecule has 1 unspecified atom stereocenters. The molecule has 0 radical (unpaired) electrons. The second kappa shape index (κ2) is 6.88. The Labute approximate surface area is 151 Å². The van der Waals surface area contributed by atoms with Crippen molar-refractivity contribution in [3.05, 3.63) is 101 Å². The highest BCUT2D eigenvalue weighted by molar-refractivity contribution is 5.93. The fraction of sp³-hybridized carbons (Fsp3) is 0.143. The van der Waals surface area contributed by atoms with E-state index >= 15 is 0 Å². The van der Waals surface area contributed by atoms with Gasteiger partial charge in [-0.2, -0.15) is 4.73 Å². The van der Waals surface area contributed by atoms with Gasteiger partial charge in [0.2, 0.25) is 0 Å². The molecule has 0 N–H and O–H groups in total. The molecule has 1 aliphatic heterocycles. The van der Waals surface area contributed by atoms with Crippen molar-refractivity contribution >= 4 is 5.91 Å². The summed E-state index contributed by atoms with van der Waals surface area (Å²) in [6.07, 6.45) is 2.40. The van der Waals surface area contributed by atoms with E-state index in [4.69, 9.17) is 4.74 Å². The lowest BCUT2D eigenvalue weighted by atomic mass is 10.1. The zero-order valence-electron chi connectivity index (χ0n) is 14.1. The SMILES string of the molecule is O=C(c1ccc[n+]([O-])c1)N1Cc2ccccc2OC(c2ccccc2)C1. The largest absolute Gasteiger partial charge is 0.619 e. The Morgan fingerprint density at radius 3 is 2.62 bits per heavy atom. The number of carbonyl (C=O) groups is 1. The summed E-state index contributed by atoms with van der Waals surface area (Å²) in [4.78, 5) is 14.7. The van der Waals surface area contributed by atoms with E-state index < -0.39 is 0 Å². The third kappa shape index (κ3) is 3.24. The summed E-state index contributed by atoms with van der Waals surface area (Å²) >= 11 is 0. The van der Waals surface area contributed by atoms with Crippen LogP contribution in [0.2, 0.25) is 0 Å². The molecule has 5 nitrogen and oxygen atoms in total. The van der Waals surface area contributed by atoms with Crippen molar-refractivity contribution in [1.29, 1.82) is 0 Å². The van der Waals surface area contributed by atoms with E-state index in [0.717, 1.165) is 16.9 Å². The highest BCUT2D eigenvalue weighted by atomic mass is 16.5. The van der Waals surface area contributed by atoms with Crippen molar-refractivity contribution in [1.82, 2.24) is 4.90 Å². The first-order valence-electron chi connectivity index (χ1n) is 8.48. The third-order valence-corrected chi connectivity index (χ3v) is 4.47. The van der Waals surface area contributed by atoms with Crippen LogP contribution in [0.5, 0.6) is 5.75 Å². The van der Waals surface area contributed by atoms with Crippen LogP contribution in [0, 0.1) is 5.21 Å². The van der Waals surface area contributed by atoms with Gasteiger partial charge in [-0.05, 0) is 17.7 Å². The summed E-state index contributed by atoms with van der Waals surface area (Å²) < 4.78 is 6.87. The number of ether oxygens (including phenoxy) is 1. The highest BCUT2D eigenvalue weighted by Crippen LogP contribution is 2.31. The zero-order valence-corrected chi connectivity index (χ0v) is 14.1. The van der Waals surface area contributed by atoms with Crippen molar-refractivity contribution in [3.8, 4) is 5.75 Å². The van der Waals surface area contributed by atoms with Crippen LogP contribution >= 0.6 is 0 Å². The molecule has 1 aliphatic rings. The van der Waals surface area contributed by atoms with Gasteiger partial charge in [-0.1, -0.05) is 48.5 Å². The number of hydrogen-bond acceptors (Lipinski definition) is 3. The number of nitrogens with zero attached hydrogens (tertiary/aromatic N) is 2. The van der Waals surface area contributed by atoms with E-state index in [-0.39, 0.29) is 12.0 Å². The van der Waals surface area contributed by atoms with Gasteiger partial charge < -0.3 is 14.8 Å². The van der Waals surface area contributed by atoms with E-state index in [1.807, 2.05) is 54.6 Å². The van der Waals surface area contributed by atoms with E-state index in [9.17, 15) is 10.0 Å². The lowest BCUT2D eigenvalue weighted by molar-refractivity contribution is -0.605. The minimum absolute atomic E-state index is 0.184. The molecule has 0 aliphatic carbocycles. The molecule has 0 saturated carbocycles. The minimum atomic E-state index is -0.271. The Hall–Kier alpha value is -3.34. The van der Waals surface area contributed by atoms with Crippen LogP contribution in [0.1, 0.15) is 27.6 Å². The minimum Gasteiger partial charge on any atom is -0.619 e. The molecule has 0 saturated heterocycles. The summed E-state index contributed by atoms with van der Waals surface area (Å²) in [5.41, 5.74) is 2.33. The quantitative estimate of drug-likeness (QED) is 0.529. The predicted octanol–water partition coefficient (Wildman–Crippen LogP) is 3.10. The van der Waals surface area contributed by atoms with E-state index in [2.05, 4.69) is 0 Å². The Morgan fingerprint density at radius 2 is 1.81 bits per heavy atom. The van der Waals surface area contributed by atoms with Crippen molar-refractivity contribution in [2.45, 2.75) is 12.6 Å². The van der Waals surface area contributed by atoms with E-state index in [0.29, 0.717) is 23.4 Å². The molecule has 1 amide bonds. The maximum atomic E-state index is 13.0. The van der Waals surface area contributed by atoms with Gasteiger partial charge in [0.15, 0.2) is 12.4 Å². The molecule has 1 atom stereocenters. The first kappa shape index (κ1) is 16.1. The maximum Gasteiger partial charge on any atom is 0.260 e. The van der Waals surface area contributed by atoms with Crippen LogP contribution in [0.15, 0.2) is 79.1 Å². The van der Waals surface area contributed by atoms with Gasteiger partial charge in [-0.3, -0.25) is 4.79 Å². The summed E-state index contributed by atoms with van der Waals surface area (Å²) in [6.45, 7) is 0.845. The molecular formula is C21H18N2O3. The zero-order chi connectivity index (χ0) is 17.9. The third-order valence-electron chi connectivity index (χ3n) is 4.47. The number of benzene rings is 2. The van der Waals surface area contributed by atoms with Gasteiger partial charge in [0, 0.05) is 18.2 Å². The smallest absolute Gasteiger partial charge is 0.260 e. The molecule has 2 heterocycles. The van der Waals surface area contributed by atoms with Crippen LogP contribution in [0.4, 0.5) is 0 Å². The lowest BCUT2D eigenvalue weighted by Crippen LogP contribution is -2.36. The second-order valence-corrected chi connectivity index (χ2v) is 6.26. The van der Waals surface area contributed by atoms with Gasteiger partial charge in [-0.25, -0.2) is 0 Å². The summed E-state index contributed by atoms with van der Waals surface area (Å²) in [5, 5.41) is 11.6. The number of aromatic nitrogens is 1. The Bertz CT molecular complexity index is 927. The molecule has 1 aromatic heterocycles. The number of carbonyl (C=O) groups excluding carboxylic acids is 1. The van der Waals surface area contributed by atoms with Gasteiger partial charge in [0.25, 0.3) is 5.91 Å². The molecule has 2 aromatic carbocycles. The molecule has 5 heteroatoms. The van der Waals surface area contributed by atoms with Crippen LogP contribution in [0.25, 0.3) is 0 Å². The fourth-order valence-electron chi connectivity index (χ4n) is 3.17. The number of amides is 1.